The van der Waals surface area contributed by atoms with Crippen molar-refractivity contribution >= 4 is 5.78 Å². The van der Waals surface area contributed by atoms with Gasteiger partial charge < -0.3 is 5.73 Å². The van der Waals surface area contributed by atoms with Crippen molar-refractivity contribution in [2.24, 2.45) is 11.7 Å². The van der Waals surface area contributed by atoms with E-state index < -0.39 is 0 Å². The van der Waals surface area contributed by atoms with Gasteiger partial charge in [-0.15, -0.1) is 0 Å². The summed E-state index contributed by atoms with van der Waals surface area (Å²) in [5, 5.41) is 0. The molecule has 0 saturated heterocycles. The molecule has 1 saturated carbocycles. The van der Waals surface area contributed by atoms with E-state index in [0.717, 1.165) is 12.3 Å². The molecule has 0 aromatic carbocycles. The van der Waals surface area contributed by atoms with Gasteiger partial charge in [-0.1, -0.05) is 19.3 Å². The Hall–Kier alpha value is -0.370. The second-order valence-corrected chi connectivity index (χ2v) is 3.59. The van der Waals surface area contributed by atoms with Crippen LogP contribution in [0.4, 0.5) is 0 Å². The molecule has 0 radical (unpaired) electrons. The summed E-state index contributed by atoms with van der Waals surface area (Å²) in [6.45, 7) is 1.77. The van der Waals surface area contributed by atoms with E-state index in [1.54, 1.807) is 6.92 Å². The first-order valence-corrected chi connectivity index (χ1v) is 4.48. The molecule has 64 valence electrons. The normalized spacial score (nSPS) is 20.9. The Morgan fingerprint density at radius 1 is 1.64 bits per heavy atom. The summed E-state index contributed by atoms with van der Waals surface area (Å²) < 4.78 is 0. The van der Waals surface area contributed by atoms with Gasteiger partial charge in [-0.05, 0) is 19.3 Å². The number of ketones is 1. The molecule has 1 fully saturated rings. The highest BCUT2D eigenvalue weighted by molar-refractivity contribution is 5.83. The fraction of sp³-hybridized carbons (Fsp3) is 0.889. The van der Waals surface area contributed by atoms with E-state index in [0.29, 0.717) is 6.42 Å². The highest BCUT2D eigenvalue weighted by Crippen LogP contribution is 2.30. The molecule has 0 aliphatic heterocycles. The van der Waals surface area contributed by atoms with Crippen LogP contribution in [0.5, 0.6) is 0 Å². The number of carbonyl (C=O) groups excluding carboxylic acids is 1. The maximum absolute atomic E-state index is 11.1. The van der Waals surface area contributed by atoms with Gasteiger partial charge in [0.05, 0.1) is 6.04 Å². The summed E-state index contributed by atoms with van der Waals surface area (Å²) in [5.74, 6) is 1.05. The first kappa shape index (κ1) is 8.72. The van der Waals surface area contributed by atoms with Crippen LogP contribution in [-0.4, -0.2) is 11.8 Å². The maximum Gasteiger partial charge on any atom is 0.149 e. The van der Waals surface area contributed by atoms with Crippen LogP contribution in [0.3, 0.4) is 0 Å². The molecular weight excluding hydrogens is 138 g/mol. The highest BCUT2D eigenvalue weighted by Gasteiger charge is 2.18. The molecule has 2 N–H and O–H groups in total. The Morgan fingerprint density at radius 2 is 2.27 bits per heavy atom. The zero-order valence-corrected chi connectivity index (χ0v) is 7.18. The zero-order chi connectivity index (χ0) is 8.27. The first-order valence-electron chi connectivity index (χ1n) is 4.48. The molecule has 1 rings (SSSR count). The SMILES string of the molecule is CC(N)C(=O)CCC1CCC1. The third-order valence-electron chi connectivity index (χ3n) is 2.53. The second-order valence-electron chi connectivity index (χ2n) is 3.59. The van der Waals surface area contributed by atoms with E-state index in [1.165, 1.54) is 19.3 Å². The van der Waals surface area contributed by atoms with Crippen LogP contribution < -0.4 is 5.73 Å². The van der Waals surface area contributed by atoms with Gasteiger partial charge in [-0.3, -0.25) is 4.79 Å². The molecule has 11 heavy (non-hydrogen) atoms. The minimum Gasteiger partial charge on any atom is -0.322 e. The van der Waals surface area contributed by atoms with Gasteiger partial charge in [0.1, 0.15) is 5.78 Å². The molecular formula is C9H17NO. The van der Waals surface area contributed by atoms with Crippen molar-refractivity contribution in [3.05, 3.63) is 0 Å². The molecule has 2 heteroatoms. The Bertz CT molecular complexity index is 138. The van der Waals surface area contributed by atoms with Crippen molar-refractivity contribution in [3.8, 4) is 0 Å². The minimum absolute atomic E-state index is 0.219. The number of carbonyl (C=O) groups is 1. The summed E-state index contributed by atoms with van der Waals surface area (Å²) in [4.78, 5) is 11.1. The Balaban J connectivity index is 2.06. The summed E-state index contributed by atoms with van der Waals surface area (Å²) in [5.41, 5.74) is 5.43. The first-order chi connectivity index (χ1) is 5.20. The number of hydrogen-bond acceptors (Lipinski definition) is 2. The molecule has 0 amide bonds. The summed E-state index contributed by atoms with van der Waals surface area (Å²) >= 11 is 0. The van der Waals surface area contributed by atoms with Crippen molar-refractivity contribution < 1.29 is 4.79 Å². The summed E-state index contributed by atoms with van der Waals surface area (Å²) in [6.07, 6.45) is 5.78. The Morgan fingerprint density at radius 3 is 2.64 bits per heavy atom. The average molecular weight is 155 g/mol. The van der Waals surface area contributed by atoms with Gasteiger partial charge in [-0.25, -0.2) is 0 Å². The van der Waals surface area contributed by atoms with Crippen molar-refractivity contribution in [2.45, 2.75) is 45.1 Å². The summed E-state index contributed by atoms with van der Waals surface area (Å²) in [7, 11) is 0. The fourth-order valence-corrected chi connectivity index (χ4v) is 1.36. The van der Waals surface area contributed by atoms with Crippen LogP contribution in [0.25, 0.3) is 0 Å². The number of rotatable bonds is 4. The molecule has 2 nitrogen and oxygen atoms in total. The fourth-order valence-electron chi connectivity index (χ4n) is 1.36. The van der Waals surface area contributed by atoms with E-state index in [4.69, 9.17) is 5.73 Å². The maximum atomic E-state index is 11.1. The molecule has 1 aliphatic carbocycles. The van der Waals surface area contributed by atoms with Crippen molar-refractivity contribution in [2.75, 3.05) is 0 Å². The van der Waals surface area contributed by atoms with Crippen LogP contribution in [0.15, 0.2) is 0 Å². The lowest BCUT2D eigenvalue weighted by Crippen LogP contribution is -2.27. The quantitative estimate of drug-likeness (QED) is 0.668. The third kappa shape index (κ3) is 2.62. The lowest BCUT2D eigenvalue weighted by atomic mass is 9.81. The van der Waals surface area contributed by atoms with E-state index in [1.807, 2.05) is 0 Å². The molecule has 1 aliphatic rings. The Labute approximate surface area is 68.2 Å². The van der Waals surface area contributed by atoms with Crippen LogP contribution in [0, 0.1) is 5.92 Å². The van der Waals surface area contributed by atoms with Crippen molar-refractivity contribution in [3.63, 3.8) is 0 Å². The number of hydrogen-bond donors (Lipinski definition) is 1. The molecule has 0 bridgehead atoms. The summed E-state index contributed by atoms with van der Waals surface area (Å²) in [6, 6.07) is -0.255. The largest absolute Gasteiger partial charge is 0.322 e. The molecule has 0 aromatic heterocycles. The smallest absolute Gasteiger partial charge is 0.149 e. The third-order valence-corrected chi connectivity index (χ3v) is 2.53. The van der Waals surface area contributed by atoms with Crippen LogP contribution in [0.2, 0.25) is 0 Å². The Kier molecular flexibility index (Phi) is 3.06. The van der Waals surface area contributed by atoms with Crippen LogP contribution in [-0.2, 0) is 4.79 Å². The number of nitrogens with two attached hydrogens (primary N) is 1. The molecule has 0 aromatic rings. The molecule has 1 atom stereocenters. The van der Waals surface area contributed by atoms with Gasteiger partial charge in [-0.2, -0.15) is 0 Å². The van der Waals surface area contributed by atoms with E-state index >= 15 is 0 Å². The lowest BCUT2D eigenvalue weighted by Gasteiger charge is -2.24. The van der Waals surface area contributed by atoms with E-state index in [-0.39, 0.29) is 11.8 Å². The standard InChI is InChI=1S/C9H17NO/c1-7(10)9(11)6-5-8-3-2-4-8/h7-8H,2-6,10H2,1H3. The van der Waals surface area contributed by atoms with Gasteiger partial charge in [0.25, 0.3) is 0 Å². The minimum atomic E-state index is -0.255. The van der Waals surface area contributed by atoms with Gasteiger partial charge in [0.15, 0.2) is 0 Å². The predicted molar refractivity (Wildman–Crippen MR) is 45.2 cm³/mol. The van der Waals surface area contributed by atoms with Gasteiger partial charge in [0.2, 0.25) is 0 Å². The molecule has 1 unspecified atom stereocenters. The molecule has 0 heterocycles. The van der Waals surface area contributed by atoms with Crippen molar-refractivity contribution in [1.29, 1.82) is 0 Å². The van der Waals surface area contributed by atoms with E-state index in [9.17, 15) is 4.79 Å². The topological polar surface area (TPSA) is 43.1 Å². The highest BCUT2D eigenvalue weighted by atomic mass is 16.1. The second kappa shape index (κ2) is 3.86. The average Bonchev–Trinajstić information content (AvgIpc) is 1.83. The zero-order valence-electron chi connectivity index (χ0n) is 7.18. The lowest BCUT2D eigenvalue weighted by molar-refractivity contribution is -0.120. The molecule has 0 spiro atoms. The van der Waals surface area contributed by atoms with Crippen LogP contribution in [0.1, 0.15) is 39.0 Å². The number of Topliss-reactive ketones (excluding diaryl/α,β-unsaturated/α-hetero) is 1. The van der Waals surface area contributed by atoms with Gasteiger partial charge in [0, 0.05) is 6.42 Å². The van der Waals surface area contributed by atoms with E-state index in [2.05, 4.69) is 0 Å². The monoisotopic (exact) mass is 155 g/mol. The van der Waals surface area contributed by atoms with Crippen LogP contribution >= 0.6 is 0 Å². The predicted octanol–water partition coefficient (Wildman–Crippen LogP) is 1.48. The van der Waals surface area contributed by atoms with Gasteiger partial charge >= 0.3 is 0 Å². The van der Waals surface area contributed by atoms with Crippen molar-refractivity contribution in [1.82, 2.24) is 0 Å².